The molecule has 1 aliphatic heterocycles. The maximum atomic E-state index is 11.7. The number of amides is 1. The van der Waals surface area contributed by atoms with Gasteiger partial charge in [-0.05, 0) is 12.8 Å². The highest BCUT2D eigenvalue weighted by molar-refractivity contribution is 8.14. The van der Waals surface area contributed by atoms with E-state index in [0.717, 1.165) is 11.8 Å². The van der Waals surface area contributed by atoms with E-state index in [1.54, 1.807) is 0 Å². The number of rotatable bonds is 3. The molecule has 0 spiro atoms. The van der Waals surface area contributed by atoms with Crippen molar-refractivity contribution >= 4 is 28.8 Å². The predicted octanol–water partition coefficient (Wildman–Crippen LogP) is 0.484. The molecule has 0 aromatic rings. The second-order valence-corrected chi connectivity index (χ2v) is 5.75. The van der Waals surface area contributed by atoms with Crippen LogP contribution in [-0.2, 0) is 14.4 Å². The van der Waals surface area contributed by atoms with Crippen LogP contribution in [0.5, 0.6) is 0 Å². The largest absolute Gasteiger partial charge is 0.479 e. The summed E-state index contributed by atoms with van der Waals surface area (Å²) in [5, 5.41) is 8.97. The molecule has 2 aliphatic rings. The summed E-state index contributed by atoms with van der Waals surface area (Å²) in [6.07, 6.45) is 1.34. The fourth-order valence-electron chi connectivity index (χ4n) is 2.12. The molecule has 2 fully saturated rings. The number of likely N-dealkylation sites (tertiary alicyclic amines) is 1. The van der Waals surface area contributed by atoms with Crippen LogP contribution in [0.4, 0.5) is 0 Å². The lowest BCUT2D eigenvalue weighted by Crippen LogP contribution is -2.44. The molecule has 1 atom stereocenters. The zero-order valence-corrected chi connectivity index (χ0v) is 9.75. The number of thioether (sulfide) groups is 1. The highest BCUT2D eigenvalue weighted by Gasteiger charge is 2.59. The molecule has 0 bridgehead atoms. The molecule has 1 amide bonds. The summed E-state index contributed by atoms with van der Waals surface area (Å²) in [5.74, 6) is -1.06. The van der Waals surface area contributed by atoms with Crippen molar-refractivity contribution in [3.05, 3.63) is 0 Å². The van der Waals surface area contributed by atoms with Crippen molar-refractivity contribution in [3.8, 4) is 0 Å². The number of aliphatic carboxylic acids is 1. The minimum Gasteiger partial charge on any atom is -0.479 e. The number of carboxylic acids is 1. The van der Waals surface area contributed by atoms with Gasteiger partial charge in [-0.2, -0.15) is 0 Å². The molecule has 0 aromatic carbocycles. The molecule has 5 nitrogen and oxygen atoms in total. The van der Waals surface area contributed by atoms with E-state index >= 15 is 0 Å². The van der Waals surface area contributed by atoms with Crippen LogP contribution in [0.25, 0.3) is 0 Å². The third-order valence-corrected chi connectivity index (χ3v) is 4.04. The van der Waals surface area contributed by atoms with Gasteiger partial charge in [0, 0.05) is 25.1 Å². The van der Waals surface area contributed by atoms with Crippen molar-refractivity contribution < 1.29 is 19.5 Å². The summed E-state index contributed by atoms with van der Waals surface area (Å²) in [5.41, 5.74) is -0.955. The van der Waals surface area contributed by atoms with E-state index in [1.165, 1.54) is 11.8 Å². The molecule has 1 saturated carbocycles. The van der Waals surface area contributed by atoms with E-state index in [2.05, 4.69) is 0 Å². The molecule has 6 heteroatoms. The van der Waals surface area contributed by atoms with Gasteiger partial charge >= 0.3 is 5.97 Å². The van der Waals surface area contributed by atoms with Gasteiger partial charge in [0.25, 0.3) is 0 Å². The molecule has 0 radical (unpaired) electrons. The fourth-order valence-corrected chi connectivity index (χ4v) is 3.04. The predicted molar refractivity (Wildman–Crippen MR) is 58.0 cm³/mol. The Kier molecular flexibility index (Phi) is 2.69. The van der Waals surface area contributed by atoms with E-state index < -0.39 is 11.5 Å². The normalized spacial score (nSPS) is 26.9. The van der Waals surface area contributed by atoms with Crippen LogP contribution in [0.3, 0.4) is 0 Å². The number of hydrogen-bond acceptors (Lipinski definition) is 4. The van der Waals surface area contributed by atoms with E-state index in [-0.39, 0.29) is 22.7 Å². The number of carbonyl (C=O) groups excluding carboxylic acids is 2. The Hall–Kier alpha value is -1.04. The van der Waals surface area contributed by atoms with Crippen molar-refractivity contribution in [2.24, 2.45) is 0 Å². The van der Waals surface area contributed by atoms with Gasteiger partial charge in [-0.3, -0.25) is 9.59 Å². The smallest absolute Gasteiger partial charge is 0.329 e. The second-order valence-electron chi connectivity index (χ2n) is 4.28. The van der Waals surface area contributed by atoms with Gasteiger partial charge in [0.05, 0.1) is 0 Å². The Balaban J connectivity index is 2.06. The lowest BCUT2D eigenvalue weighted by atomic mass is 10.2. The molecule has 1 N–H and O–H groups in total. The third kappa shape index (κ3) is 1.81. The van der Waals surface area contributed by atoms with Crippen molar-refractivity contribution in [1.29, 1.82) is 0 Å². The molecule has 1 heterocycles. The fraction of sp³-hybridized carbons (Fsp3) is 0.700. The molecule has 1 unspecified atom stereocenters. The number of carbonyl (C=O) groups is 3. The highest BCUT2D eigenvalue weighted by Crippen LogP contribution is 2.45. The van der Waals surface area contributed by atoms with E-state index in [4.69, 9.17) is 5.11 Å². The van der Waals surface area contributed by atoms with Gasteiger partial charge in [0.15, 0.2) is 5.12 Å². The molecule has 1 aliphatic carbocycles. The number of carboxylic acid groups (broad SMARTS) is 1. The van der Waals surface area contributed by atoms with E-state index in [0.29, 0.717) is 19.4 Å². The SMILES string of the molecule is CC(=O)SC1CC(=O)N(C2(C(=O)O)CC2)C1. The summed E-state index contributed by atoms with van der Waals surface area (Å²) in [7, 11) is 0. The first-order chi connectivity index (χ1) is 7.45. The van der Waals surface area contributed by atoms with Gasteiger partial charge in [0.1, 0.15) is 5.54 Å². The van der Waals surface area contributed by atoms with Crippen LogP contribution in [0.2, 0.25) is 0 Å². The number of hydrogen-bond donors (Lipinski definition) is 1. The van der Waals surface area contributed by atoms with Crippen molar-refractivity contribution in [1.82, 2.24) is 4.90 Å². The average molecular weight is 243 g/mol. The van der Waals surface area contributed by atoms with Crippen molar-refractivity contribution in [2.45, 2.75) is 37.0 Å². The minimum absolute atomic E-state index is 0.0279. The average Bonchev–Trinajstić information content (AvgIpc) is 2.87. The summed E-state index contributed by atoms with van der Waals surface area (Å²) < 4.78 is 0. The topological polar surface area (TPSA) is 74.7 Å². The van der Waals surface area contributed by atoms with E-state index in [1.807, 2.05) is 0 Å². The van der Waals surface area contributed by atoms with Crippen LogP contribution in [0.15, 0.2) is 0 Å². The first-order valence-corrected chi connectivity index (χ1v) is 6.05. The summed E-state index contributed by atoms with van der Waals surface area (Å²) in [6.45, 7) is 1.84. The summed E-state index contributed by atoms with van der Waals surface area (Å²) in [6, 6.07) is 0. The third-order valence-electron chi connectivity index (χ3n) is 3.06. The lowest BCUT2D eigenvalue weighted by molar-refractivity contribution is -0.150. The van der Waals surface area contributed by atoms with Gasteiger partial charge < -0.3 is 10.0 Å². The minimum atomic E-state index is -0.955. The van der Waals surface area contributed by atoms with Crippen LogP contribution >= 0.6 is 11.8 Å². The van der Waals surface area contributed by atoms with Gasteiger partial charge in [-0.15, -0.1) is 0 Å². The molecule has 2 rings (SSSR count). The van der Waals surface area contributed by atoms with Gasteiger partial charge in [-0.25, -0.2) is 4.79 Å². The van der Waals surface area contributed by atoms with Gasteiger partial charge in [-0.1, -0.05) is 11.8 Å². The maximum Gasteiger partial charge on any atom is 0.329 e. The zero-order valence-electron chi connectivity index (χ0n) is 8.93. The Labute approximate surface area is 97.2 Å². The molecule has 1 saturated heterocycles. The molecular weight excluding hydrogens is 230 g/mol. The van der Waals surface area contributed by atoms with Crippen molar-refractivity contribution in [2.75, 3.05) is 6.54 Å². The number of nitrogens with zero attached hydrogens (tertiary/aromatic N) is 1. The lowest BCUT2D eigenvalue weighted by Gasteiger charge is -2.23. The molecule has 88 valence electrons. The van der Waals surface area contributed by atoms with Crippen LogP contribution < -0.4 is 0 Å². The van der Waals surface area contributed by atoms with Crippen LogP contribution in [-0.4, -0.2) is 44.3 Å². The first-order valence-electron chi connectivity index (χ1n) is 5.17. The zero-order chi connectivity index (χ0) is 11.9. The first kappa shape index (κ1) is 11.4. The van der Waals surface area contributed by atoms with Gasteiger partial charge in [0.2, 0.25) is 5.91 Å². The molecule has 16 heavy (non-hydrogen) atoms. The molecule has 0 aromatic heterocycles. The quantitative estimate of drug-likeness (QED) is 0.780. The molecular formula is C10H13NO4S. The van der Waals surface area contributed by atoms with Crippen molar-refractivity contribution in [3.63, 3.8) is 0 Å². The Morgan fingerprint density at radius 1 is 1.50 bits per heavy atom. The van der Waals surface area contributed by atoms with E-state index in [9.17, 15) is 14.4 Å². The Morgan fingerprint density at radius 3 is 2.56 bits per heavy atom. The maximum absolute atomic E-state index is 11.7. The standard InChI is InChI=1S/C10H13NO4S/c1-6(12)16-7-4-8(13)11(5-7)10(2-3-10)9(14)15/h7H,2-5H2,1H3,(H,14,15). The van der Waals surface area contributed by atoms with Crippen LogP contribution in [0, 0.1) is 0 Å². The van der Waals surface area contributed by atoms with Crippen LogP contribution in [0.1, 0.15) is 26.2 Å². The second kappa shape index (κ2) is 3.76. The Morgan fingerprint density at radius 2 is 2.12 bits per heavy atom. The Bertz CT molecular complexity index is 364. The monoisotopic (exact) mass is 243 g/mol. The summed E-state index contributed by atoms with van der Waals surface area (Å²) in [4.78, 5) is 35.1. The summed E-state index contributed by atoms with van der Waals surface area (Å²) >= 11 is 1.13. The highest BCUT2D eigenvalue weighted by atomic mass is 32.2.